The van der Waals surface area contributed by atoms with Crippen LogP contribution in [0.5, 0.6) is 0 Å². The molecule has 22 heteroatoms. The number of piperidine rings is 6. The molecule has 7 saturated heterocycles. The van der Waals surface area contributed by atoms with Gasteiger partial charge in [0.25, 0.3) is 0 Å². The lowest BCUT2D eigenvalue weighted by molar-refractivity contribution is -0.123. The van der Waals surface area contributed by atoms with Crippen molar-refractivity contribution < 1.29 is 13.2 Å². The summed E-state index contributed by atoms with van der Waals surface area (Å²) in [4.78, 5) is 51.4. The molecule has 5 aromatic heterocycles. The Bertz CT molecular complexity index is 6200. The van der Waals surface area contributed by atoms with Crippen LogP contribution in [-0.2, 0) is 21.4 Å². The first-order valence-corrected chi connectivity index (χ1v) is 53.5. The van der Waals surface area contributed by atoms with Crippen LogP contribution in [0.1, 0.15) is 162 Å². The summed E-state index contributed by atoms with van der Waals surface area (Å²) in [6, 6.07) is 81.3. The molecule has 8 aliphatic rings. The molecule has 8 N–H and O–H groups in total. The predicted octanol–water partition coefficient (Wildman–Crippen LogP) is 21.3. The Morgan fingerprint density at radius 3 is 1.32 bits per heavy atom. The highest BCUT2D eigenvalue weighted by Crippen LogP contribution is 2.39. The average Bonchev–Trinajstić information content (AvgIpc) is 1.62. The smallest absolute Gasteiger partial charge is 0.240 e. The van der Waals surface area contributed by atoms with Gasteiger partial charge in [0.15, 0.2) is 0 Å². The minimum atomic E-state index is -3.62. The van der Waals surface area contributed by atoms with Gasteiger partial charge in [-0.25, -0.2) is 13.1 Å². The number of H-pyrrole nitrogens is 4. The Labute approximate surface area is 819 Å². The standard InChI is InChI=1S/C35H44N4O2S.C29H36N4.C28H37N5O.C24H31N5/c1-26(2)38-17-13-27(14-18-38)21-28-15-19-39(20-16-28)32-10-6-9-30(22-32)35-24-31-23-33(11-12-34(31)37-35)42(40,41)36-25-29-7-4-3-5-8-29;1-20(2)22-7-9-25(10-8-22)31-26-12-14-33(15-13-26)27-5-3-4-23(17-27)29-18-24-16-21(19-30)6-11-28(24)32-29;1-21(2)32-16-14-31(15-17-32)20-28(34)29-24-10-12-33(13-11-24)25-8-5-7-22(18-25)27-19-23-6-3-4-9-26(23)30-27;1-28-10-6-20(7-11-28)26-21-8-12-29(13-9-21)22-14-19(16-25-17-22)24-15-18-4-2-3-5-23(18)27-24/h3-12,22-24,26-28,36-37H,13-21,25H2,1-2H3;3-6,11,16-18,20,22,25-26,31-32H,7-10,12-15H2,1-2H3;3-9,18-19,21,24,30H,10-17,20H2,1-2H3,(H,29,34);2-5,14-17,20-21,26-27H,6-13H2,1H3. The number of piperazine rings is 1. The van der Waals surface area contributed by atoms with Gasteiger partial charge in [-0.05, 0) is 331 Å². The van der Waals surface area contributed by atoms with E-state index in [0.29, 0.717) is 42.3 Å². The second-order valence-corrected chi connectivity index (χ2v) is 43.5. The van der Waals surface area contributed by atoms with Crippen LogP contribution in [0, 0.1) is 35.0 Å². The number of anilines is 4. The third-order valence-electron chi connectivity index (χ3n) is 31.4. The first-order valence-electron chi connectivity index (χ1n) is 52.0. The molecule has 1 saturated carbocycles. The van der Waals surface area contributed by atoms with Crippen LogP contribution in [0.3, 0.4) is 0 Å². The molecule has 0 bridgehead atoms. The van der Waals surface area contributed by atoms with Crippen LogP contribution in [-0.4, -0.2) is 219 Å². The number of pyridine rings is 1. The van der Waals surface area contributed by atoms with Crippen molar-refractivity contribution in [3.8, 4) is 51.1 Å². The number of fused-ring (bicyclic) bond motifs is 4. The second-order valence-electron chi connectivity index (χ2n) is 41.7. The summed E-state index contributed by atoms with van der Waals surface area (Å²) in [5.41, 5.74) is 20.1. The van der Waals surface area contributed by atoms with Gasteiger partial charge in [-0.3, -0.25) is 19.6 Å². The Balaban J connectivity index is 0.000000123. The number of benzene rings is 8. The number of nitriles is 1. The monoisotopic (exact) mass is 1870 g/mol. The quantitative estimate of drug-likeness (QED) is 0.0282. The molecule has 0 spiro atoms. The van der Waals surface area contributed by atoms with E-state index in [9.17, 15) is 18.5 Å². The number of nitrogens with zero attached hydrogens (tertiary/aromatic N) is 10. The van der Waals surface area contributed by atoms with Crippen molar-refractivity contribution in [3.05, 3.63) is 242 Å². The van der Waals surface area contributed by atoms with Gasteiger partial charge in [0.1, 0.15) is 0 Å². The third kappa shape index (κ3) is 25.4. The summed E-state index contributed by atoms with van der Waals surface area (Å²) in [7, 11) is -1.39. The van der Waals surface area contributed by atoms with E-state index in [1.165, 1.54) is 178 Å². The van der Waals surface area contributed by atoms with Gasteiger partial charge in [-0.15, -0.1) is 0 Å². The fourth-order valence-electron chi connectivity index (χ4n) is 22.7. The SMILES string of the molecule is CC(C)C1CCC(NC2CCN(c3cccc(-c4cc5cc(C#N)ccc5[nH]4)c3)CC2)CC1.CC(C)N1CCC(CC2CCN(c3cccc(-c4cc5cc(S(=O)(=O)NCc6ccccc6)ccc5[nH]4)c3)CC2)CC1.CC(C)N1CCN(CC(=O)NC2CCN(c3cccc(-c4cc5ccccc5[nH]4)c3)CC2)CC1.CN1CCC(NC2CCN(c3cncc(-c4cc5ccccc5[nH]4)c3)CC2)CC1. The maximum absolute atomic E-state index is 13.0. The molecule has 7 aliphatic heterocycles. The van der Waals surface area contributed by atoms with Gasteiger partial charge >= 0.3 is 0 Å². The van der Waals surface area contributed by atoms with Crippen LogP contribution in [0.25, 0.3) is 88.6 Å². The number of sulfonamides is 1. The summed E-state index contributed by atoms with van der Waals surface area (Å²) in [5.74, 6) is 3.70. The van der Waals surface area contributed by atoms with Gasteiger partial charge < -0.3 is 65.3 Å². The fourth-order valence-corrected chi connectivity index (χ4v) is 23.7. The van der Waals surface area contributed by atoms with E-state index in [2.05, 4.69) is 291 Å². The molecule has 0 atom stereocenters. The maximum Gasteiger partial charge on any atom is 0.240 e. The van der Waals surface area contributed by atoms with Crippen molar-refractivity contribution in [3.63, 3.8) is 0 Å². The summed E-state index contributed by atoms with van der Waals surface area (Å²) >= 11 is 0. The van der Waals surface area contributed by atoms with Crippen molar-refractivity contribution >= 4 is 82.3 Å². The molecule has 1 amide bonds. The minimum Gasteiger partial charge on any atom is -0.371 e. The zero-order valence-electron chi connectivity index (χ0n) is 82.6. The summed E-state index contributed by atoms with van der Waals surface area (Å²) in [6.45, 7) is 32.3. The first kappa shape index (κ1) is 97.1. The Kier molecular flexibility index (Phi) is 32.3. The topological polar surface area (TPSA) is 225 Å². The number of hydrogen-bond donors (Lipinski definition) is 8. The molecule has 0 radical (unpaired) electrons. The largest absolute Gasteiger partial charge is 0.371 e. The normalized spacial score (nSPS) is 19.5. The lowest BCUT2D eigenvalue weighted by atomic mass is 9.79. The van der Waals surface area contributed by atoms with Crippen molar-refractivity contribution in [2.24, 2.45) is 23.7 Å². The summed E-state index contributed by atoms with van der Waals surface area (Å²) < 4.78 is 28.7. The van der Waals surface area contributed by atoms with Gasteiger partial charge in [0.05, 0.1) is 35.0 Å². The van der Waals surface area contributed by atoms with Crippen molar-refractivity contribution in [2.75, 3.05) is 138 Å². The van der Waals surface area contributed by atoms with E-state index in [-0.39, 0.29) is 23.4 Å². The highest BCUT2D eigenvalue weighted by Gasteiger charge is 2.33. The molecule has 8 aromatic carbocycles. The molecule has 726 valence electrons. The molecule has 1 aliphatic carbocycles. The highest BCUT2D eigenvalue weighted by molar-refractivity contribution is 7.89. The molecule has 12 heterocycles. The lowest BCUT2D eigenvalue weighted by Gasteiger charge is -2.38. The van der Waals surface area contributed by atoms with E-state index in [4.69, 9.17) is 0 Å². The van der Waals surface area contributed by atoms with Crippen LogP contribution in [0.2, 0.25) is 0 Å². The Hall–Kier alpha value is -11.1. The fraction of sp³-hybridized carbons (Fsp3) is 0.457. The van der Waals surface area contributed by atoms with E-state index in [1.54, 1.807) is 12.1 Å². The van der Waals surface area contributed by atoms with Crippen LogP contribution < -0.4 is 40.3 Å². The molecule has 21 nitrogen and oxygen atoms in total. The number of amides is 1. The number of likely N-dealkylation sites (tertiary alicyclic amines) is 2. The number of hydrogen-bond acceptors (Lipinski definition) is 15. The number of nitrogens with one attached hydrogen (secondary N) is 8. The molecule has 21 rings (SSSR count). The average molecular weight is 1870 g/mol. The molecular weight excluding hydrogens is 1730 g/mol. The van der Waals surface area contributed by atoms with Gasteiger partial charge in [0.2, 0.25) is 15.9 Å². The first-order chi connectivity index (χ1) is 67.2. The van der Waals surface area contributed by atoms with Gasteiger partial charge in [-0.2, -0.15) is 5.26 Å². The van der Waals surface area contributed by atoms with Crippen LogP contribution in [0.4, 0.5) is 22.7 Å². The lowest BCUT2D eigenvalue weighted by Crippen LogP contribution is -2.52. The number of carbonyl (C=O) groups is 1. The predicted molar refractivity (Wildman–Crippen MR) is 571 cm³/mol. The van der Waals surface area contributed by atoms with Gasteiger partial charge in [-0.1, -0.05) is 117 Å². The van der Waals surface area contributed by atoms with E-state index >= 15 is 0 Å². The molecule has 0 unspecified atom stereocenters. The number of rotatable bonds is 24. The highest BCUT2D eigenvalue weighted by atomic mass is 32.2. The third-order valence-corrected chi connectivity index (χ3v) is 32.8. The van der Waals surface area contributed by atoms with E-state index < -0.39 is 10.0 Å². The second kappa shape index (κ2) is 45.9. The number of para-hydroxylation sites is 2. The number of carbonyl (C=O) groups excluding carboxylic acids is 1. The molecule has 138 heavy (non-hydrogen) atoms. The van der Waals surface area contributed by atoms with Crippen molar-refractivity contribution in [1.29, 1.82) is 5.26 Å². The Morgan fingerprint density at radius 2 is 0.819 bits per heavy atom. The number of aromatic nitrogens is 5. The summed E-state index contributed by atoms with van der Waals surface area (Å²) in [6.07, 6.45) is 25.6. The zero-order chi connectivity index (χ0) is 95.0. The van der Waals surface area contributed by atoms with Crippen molar-refractivity contribution in [2.45, 2.75) is 204 Å². The Morgan fingerprint density at radius 1 is 0.399 bits per heavy atom. The van der Waals surface area contributed by atoms with Crippen LogP contribution in [0.15, 0.2) is 236 Å². The summed E-state index contributed by atoms with van der Waals surface area (Å²) in [5, 5.41) is 24.9. The molecule has 13 aromatic rings. The number of aromatic amines is 4. The minimum absolute atomic E-state index is 0.178. The van der Waals surface area contributed by atoms with Crippen LogP contribution >= 0.6 is 0 Å². The molecule has 8 fully saturated rings. The zero-order valence-corrected chi connectivity index (χ0v) is 83.5. The van der Waals surface area contributed by atoms with E-state index in [0.717, 1.165) is 182 Å². The van der Waals surface area contributed by atoms with Crippen molar-refractivity contribution in [1.82, 2.24) is 65.2 Å². The van der Waals surface area contributed by atoms with E-state index in [1.807, 2.05) is 67.0 Å². The maximum atomic E-state index is 13.0. The van der Waals surface area contributed by atoms with Gasteiger partial charge in [0, 0.05) is 223 Å². The molecular formula is C116H148N18O3S.